The molecule has 2 fully saturated rings. The highest BCUT2D eigenvalue weighted by atomic mass is 32.2. The van der Waals surface area contributed by atoms with E-state index >= 15 is 0 Å². The molecule has 3 heterocycles. The van der Waals surface area contributed by atoms with Crippen LogP contribution in [0.1, 0.15) is 0 Å². The van der Waals surface area contributed by atoms with Crippen LogP contribution in [0.25, 0.3) is 0 Å². The first-order valence-electron chi connectivity index (χ1n) is 8.03. The molecule has 0 saturated carbocycles. The molecule has 2 saturated heterocycles. The molecule has 7 nitrogen and oxygen atoms in total. The number of nitrogens with zero attached hydrogens (tertiary/aromatic N) is 4. The molecule has 4 rings (SSSR count). The molecule has 0 N–H and O–H groups in total. The Morgan fingerprint density at radius 1 is 1.19 bits per heavy atom. The molecule has 0 aromatic heterocycles. The minimum atomic E-state index is -4.49. The largest absolute Gasteiger partial charge is 0.410 e. The molecule has 26 heavy (non-hydrogen) atoms. The Bertz CT molecular complexity index is 876. The van der Waals surface area contributed by atoms with Gasteiger partial charge in [0, 0.05) is 19.6 Å². The molecule has 0 amide bonds. The van der Waals surface area contributed by atoms with Crippen molar-refractivity contribution in [3.63, 3.8) is 0 Å². The van der Waals surface area contributed by atoms with Crippen molar-refractivity contribution in [1.82, 2.24) is 9.80 Å². The lowest BCUT2D eigenvalue weighted by Crippen LogP contribution is -2.63. The van der Waals surface area contributed by atoms with Gasteiger partial charge >= 0.3 is 6.18 Å². The van der Waals surface area contributed by atoms with Crippen LogP contribution in [0.5, 0.6) is 0 Å². The number of fused-ring (bicyclic) bond motifs is 1. The Balaban J connectivity index is 1.72. The summed E-state index contributed by atoms with van der Waals surface area (Å²) in [6.45, 7) is 1.15. The summed E-state index contributed by atoms with van der Waals surface area (Å²) in [6, 6.07) is -1.79. The fourth-order valence-corrected chi connectivity index (χ4v) is 3.97. The van der Waals surface area contributed by atoms with E-state index in [9.17, 15) is 21.6 Å². The molecule has 11 heteroatoms. The van der Waals surface area contributed by atoms with Gasteiger partial charge in [0.05, 0.1) is 30.5 Å². The fourth-order valence-electron chi connectivity index (χ4n) is 3.42. The molecule has 140 valence electrons. The lowest BCUT2D eigenvalue weighted by molar-refractivity contribution is -0.200. The van der Waals surface area contributed by atoms with Crippen LogP contribution >= 0.6 is 0 Å². The zero-order chi connectivity index (χ0) is 18.5. The smallest absolute Gasteiger partial charge is 0.378 e. The first-order valence-corrected chi connectivity index (χ1v) is 9.10. The average Bonchev–Trinajstić information content (AvgIpc) is 2.96. The Morgan fingerprint density at radius 3 is 2.58 bits per heavy atom. The number of ether oxygens (including phenoxy) is 1. The molecule has 3 aliphatic heterocycles. The van der Waals surface area contributed by atoms with E-state index in [1.54, 1.807) is 4.90 Å². The number of rotatable bonds is 2. The Morgan fingerprint density at radius 2 is 1.96 bits per heavy atom. The van der Waals surface area contributed by atoms with Crippen molar-refractivity contribution < 1.29 is 26.3 Å². The van der Waals surface area contributed by atoms with E-state index in [1.807, 2.05) is 0 Å². The summed E-state index contributed by atoms with van der Waals surface area (Å²) < 4.78 is 69.3. The van der Waals surface area contributed by atoms with Crippen LogP contribution in [0.2, 0.25) is 0 Å². The zero-order valence-electron chi connectivity index (χ0n) is 13.5. The number of alkyl halides is 3. The van der Waals surface area contributed by atoms with Gasteiger partial charge in [0.15, 0.2) is 5.82 Å². The van der Waals surface area contributed by atoms with E-state index in [1.165, 1.54) is 18.2 Å². The van der Waals surface area contributed by atoms with Crippen LogP contribution in [-0.2, 0) is 15.0 Å². The van der Waals surface area contributed by atoms with E-state index in [0.29, 0.717) is 19.8 Å². The lowest BCUT2D eigenvalue weighted by Gasteiger charge is -2.47. The van der Waals surface area contributed by atoms with Crippen LogP contribution in [0.4, 0.5) is 13.2 Å². The van der Waals surface area contributed by atoms with Crippen LogP contribution in [-0.4, -0.2) is 74.2 Å². The predicted octanol–water partition coefficient (Wildman–Crippen LogP) is 1.12. The lowest BCUT2D eigenvalue weighted by atomic mass is 10.0. The first kappa shape index (κ1) is 17.4. The minimum Gasteiger partial charge on any atom is -0.378 e. The predicted molar refractivity (Wildman–Crippen MR) is 85.8 cm³/mol. The van der Waals surface area contributed by atoms with Crippen molar-refractivity contribution in [1.29, 1.82) is 0 Å². The molecule has 0 radical (unpaired) electrons. The summed E-state index contributed by atoms with van der Waals surface area (Å²) >= 11 is 0. The molecular formula is C15H15F3N4O3S. The van der Waals surface area contributed by atoms with Crippen LogP contribution < -0.4 is 0 Å². The van der Waals surface area contributed by atoms with Crippen LogP contribution in [0.3, 0.4) is 0 Å². The second-order valence-electron chi connectivity index (χ2n) is 6.35. The molecule has 0 aromatic carbocycles. The van der Waals surface area contributed by atoms with Gasteiger partial charge in [0.25, 0.3) is 0 Å². The summed E-state index contributed by atoms with van der Waals surface area (Å²) in [5.41, 5.74) is 0.396. The third kappa shape index (κ3) is 2.89. The zero-order valence-corrected chi connectivity index (χ0v) is 14.3. The van der Waals surface area contributed by atoms with Crippen LogP contribution in [0, 0.1) is 0 Å². The number of hydrogen-bond donors (Lipinski definition) is 0. The number of piperazine rings is 1. The second-order valence-corrected chi connectivity index (χ2v) is 7.25. The summed E-state index contributed by atoms with van der Waals surface area (Å²) in [7, 11) is -2.60. The van der Waals surface area contributed by atoms with E-state index in [4.69, 9.17) is 4.74 Å². The molecular weight excluding hydrogens is 373 g/mol. The SMILES string of the molecule is O=S(=O)=C1C=CC=C2N=NC(N3CCN(C4COC4)CC3C(F)(F)F)=C21. The summed E-state index contributed by atoms with van der Waals surface area (Å²) in [5, 5.41) is 7.76. The first-order chi connectivity index (χ1) is 12.4. The Kier molecular flexibility index (Phi) is 4.24. The van der Waals surface area contributed by atoms with Gasteiger partial charge in [-0.15, -0.1) is 10.2 Å². The Hall–Kier alpha value is -1.98. The third-order valence-corrected chi connectivity index (χ3v) is 5.56. The third-order valence-electron chi connectivity index (χ3n) is 4.86. The van der Waals surface area contributed by atoms with Crippen molar-refractivity contribution in [2.75, 3.05) is 32.8 Å². The van der Waals surface area contributed by atoms with Crippen molar-refractivity contribution in [2.45, 2.75) is 18.3 Å². The Labute approximate surface area is 148 Å². The fraction of sp³-hybridized carbons (Fsp3) is 0.533. The summed E-state index contributed by atoms with van der Waals surface area (Å²) in [6.07, 6.45) is -0.128. The molecule has 1 atom stereocenters. The molecule has 1 aliphatic carbocycles. The van der Waals surface area contributed by atoms with Gasteiger partial charge in [-0.1, -0.05) is 6.08 Å². The molecule has 4 aliphatic rings. The average molecular weight is 388 g/mol. The van der Waals surface area contributed by atoms with Gasteiger partial charge in [-0.05, 0) is 12.2 Å². The molecule has 0 spiro atoms. The van der Waals surface area contributed by atoms with Gasteiger partial charge in [-0.2, -0.15) is 21.6 Å². The monoisotopic (exact) mass is 388 g/mol. The van der Waals surface area contributed by atoms with E-state index in [2.05, 4.69) is 10.2 Å². The van der Waals surface area contributed by atoms with Gasteiger partial charge in [-0.25, -0.2) is 0 Å². The molecule has 0 bridgehead atoms. The van der Waals surface area contributed by atoms with E-state index < -0.39 is 22.5 Å². The summed E-state index contributed by atoms with van der Waals surface area (Å²) in [5.74, 6) is -0.0355. The van der Waals surface area contributed by atoms with Gasteiger partial charge in [0.2, 0.25) is 10.3 Å². The van der Waals surface area contributed by atoms with Gasteiger partial charge in [-0.3, -0.25) is 4.90 Å². The standard InChI is InChI=1S/C15H15F3N4O3S/c16-15(17,18)12-6-21(9-7-25-8-9)4-5-22(12)14-13-10(19-20-14)2-1-3-11(13)26(23)24/h1-3,9,12H,4-8H2. The highest BCUT2D eigenvalue weighted by Crippen LogP contribution is 2.37. The van der Waals surface area contributed by atoms with Gasteiger partial charge in [0.1, 0.15) is 10.9 Å². The summed E-state index contributed by atoms with van der Waals surface area (Å²) in [4.78, 5) is 2.80. The van der Waals surface area contributed by atoms with Crippen molar-refractivity contribution >= 4 is 15.2 Å². The van der Waals surface area contributed by atoms with Crippen molar-refractivity contribution in [2.24, 2.45) is 10.2 Å². The number of hydrogen-bond acceptors (Lipinski definition) is 7. The second kappa shape index (κ2) is 6.32. The van der Waals surface area contributed by atoms with Crippen molar-refractivity contribution in [3.05, 3.63) is 35.3 Å². The van der Waals surface area contributed by atoms with Gasteiger partial charge < -0.3 is 9.64 Å². The topological polar surface area (TPSA) is 74.6 Å². The maximum absolute atomic E-state index is 13.7. The molecule has 1 unspecified atom stereocenters. The highest BCUT2D eigenvalue weighted by molar-refractivity contribution is 7.73. The number of azo groups is 1. The minimum absolute atomic E-state index is 0.00537. The number of allylic oxidation sites excluding steroid dienone is 4. The molecule has 0 aromatic rings. The van der Waals surface area contributed by atoms with Crippen LogP contribution in [0.15, 0.2) is 45.5 Å². The normalized spacial score (nSPS) is 26.9. The highest BCUT2D eigenvalue weighted by Gasteiger charge is 2.50. The number of halogens is 3. The van der Waals surface area contributed by atoms with E-state index in [0.717, 1.165) is 4.90 Å². The van der Waals surface area contributed by atoms with E-state index in [-0.39, 0.29) is 41.1 Å². The maximum atomic E-state index is 13.7. The maximum Gasteiger partial charge on any atom is 0.410 e. The van der Waals surface area contributed by atoms with Crippen molar-refractivity contribution in [3.8, 4) is 0 Å². The quantitative estimate of drug-likeness (QED) is 0.663.